The van der Waals surface area contributed by atoms with Gasteiger partial charge in [-0.15, -0.1) is 0 Å². The Labute approximate surface area is 173 Å². The lowest BCUT2D eigenvalue weighted by molar-refractivity contribution is -0.145. The number of nitrogens with one attached hydrogen (secondary N) is 1. The van der Waals surface area contributed by atoms with Crippen molar-refractivity contribution < 1.29 is 29.1 Å². The van der Waals surface area contributed by atoms with E-state index in [9.17, 15) is 14.4 Å². The highest BCUT2D eigenvalue weighted by atomic mass is 32.2. The van der Waals surface area contributed by atoms with Crippen molar-refractivity contribution in [3.05, 3.63) is 42.5 Å². The SMILES string of the molecule is C=CCOC(=O)N(C(=O)Nc1ccc(/C(C)=N/O)cc1)C(CCSC)C(=O)OC. The molecule has 0 radical (unpaired) electrons. The zero-order chi connectivity index (χ0) is 21.8. The molecule has 1 rings (SSSR count). The molecular formula is C19H25N3O6S. The van der Waals surface area contributed by atoms with E-state index in [0.29, 0.717) is 27.6 Å². The van der Waals surface area contributed by atoms with Gasteiger partial charge in [-0.2, -0.15) is 11.8 Å². The van der Waals surface area contributed by atoms with Gasteiger partial charge in [0.1, 0.15) is 12.6 Å². The average Bonchev–Trinajstić information content (AvgIpc) is 2.74. The zero-order valence-electron chi connectivity index (χ0n) is 16.6. The second kappa shape index (κ2) is 12.4. The van der Waals surface area contributed by atoms with Gasteiger partial charge in [0.15, 0.2) is 0 Å². The summed E-state index contributed by atoms with van der Waals surface area (Å²) in [5, 5.41) is 14.5. The van der Waals surface area contributed by atoms with Crippen molar-refractivity contribution in [1.29, 1.82) is 0 Å². The molecule has 3 amide bonds. The van der Waals surface area contributed by atoms with Gasteiger partial charge in [0, 0.05) is 5.69 Å². The number of nitrogens with zero attached hydrogens (tertiary/aromatic N) is 2. The molecule has 0 aliphatic rings. The van der Waals surface area contributed by atoms with Crippen LogP contribution in [0.4, 0.5) is 15.3 Å². The molecule has 0 saturated carbocycles. The molecule has 1 aromatic rings. The molecule has 0 fully saturated rings. The largest absolute Gasteiger partial charge is 0.467 e. The Bertz CT molecular complexity index is 751. The van der Waals surface area contributed by atoms with Crippen LogP contribution in [0.3, 0.4) is 0 Å². The van der Waals surface area contributed by atoms with Crippen LogP contribution >= 0.6 is 11.8 Å². The minimum Gasteiger partial charge on any atom is -0.467 e. The van der Waals surface area contributed by atoms with Crippen LogP contribution in [0.5, 0.6) is 0 Å². The number of thioether (sulfide) groups is 1. The number of imide groups is 1. The highest BCUT2D eigenvalue weighted by molar-refractivity contribution is 7.98. The van der Waals surface area contributed by atoms with E-state index in [-0.39, 0.29) is 13.0 Å². The fourth-order valence-electron chi connectivity index (χ4n) is 2.31. The van der Waals surface area contributed by atoms with Gasteiger partial charge in [-0.3, -0.25) is 0 Å². The molecule has 0 aliphatic heterocycles. The molecule has 0 heterocycles. The Kier molecular flexibility index (Phi) is 10.3. The Balaban J connectivity index is 3.12. The molecule has 158 valence electrons. The summed E-state index contributed by atoms with van der Waals surface area (Å²) in [7, 11) is 1.18. The number of hydrogen-bond donors (Lipinski definition) is 2. The van der Waals surface area contributed by atoms with Crippen molar-refractivity contribution in [1.82, 2.24) is 4.90 Å². The number of oxime groups is 1. The molecule has 0 bridgehead atoms. The third-order valence-electron chi connectivity index (χ3n) is 3.82. The molecule has 0 spiro atoms. The monoisotopic (exact) mass is 423 g/mol. The van der Waals surface area contributed by atoms with Crippen molar-refractivity contribution in [2.24, 2.45) is 5.16 Å². The molecule has 0 aromatic heterocycles. The summed E-state index contributed by atoms with van der Waals surface area (Å²) in [5.41, 5.74) is 1.43. The summed E-state index contributed by atoms with van der Waals surface area (Å²) in [6, 6.07) is 4.44. The third kappa shape index (κ3) is 7.15. The fourth-order valence-corrected chi connectivity index (χ4v) is 2.76. The van der Waals surface area contributed by atoms with Gasteiger partial charge in [-0.25, -0.2) is 19.3 Å². The molecule has 0 saturated heterocycles. The lowest BCUT2D eigenvalue weighted by Crippen LogP contribution is -2.51. The first-order valence-electron chi connectivity index (χ1n) is 8.63. The van der Waals surface area contributed by atoms with E-state index in [1.165, 1.54) is 24.9 Å². The topological polar surface area (TPSA) is 118 Å². The second-order valence-electron chi connectivity index (χ2n) is 5.75. The number of anilines is 1. The van der Waals surface area contributed by atoms with Crippen LogP contribution in [0.25, 0.3) is 0 Å². The predicted molar refractivity (Wildman–Crippen MR) is 112 cm³/mol. The van der Waals surface area contributed by atoms with Crippen LogP contribution in [0.1, 0.15) is 18.9 Å². The van der Waals surface area contributed by atoms with Gasteiger partial charge >= 0.3 is 18.1 Å². The molecule has 1 atom stereocenters. The molecule has 1 aromatic carbocycles. The smallest absolute Gasteiger partial charge is 0.419 e. The van der Waals surface area contributed by atoms with Crippen molar-refractivity contribution >= 4 is 41.3 Å². The molecule has 1 unspecified atom stereocenters. The number of esters is 1. The van der Waals surface area contributed by atoms with Crippen molar-refractivity contribution in [2.75, 3.05) is 31.0 Å². The van der Waals surface area contributed by atoms with E-state index in [4.69, 9.17) is 14.7 Å². The number of methoxy groups -OCH3 is 1. The number of amides is 3. The molecule has 0 aliphatic carbocycles. The maximum Gasteiger partial charge on any atom is 0.419 e. The first-order chi connectivity index (χ1) is 13.9. The lowest BCUT2D eigenvalue weighted by Gasteiger charge is -2.27. The van der Waals surface area contributed by atoms with E-state index in [2.05, 4.69) is 17.1 Å². The number of carbonyl (C=O) groups is 3. The van der Waals surface area contributed by atoms with Gasteiger partial charge in [-0.1, -0.05) is 29.9 Å². The first-order valence-corrected chi connectivity index (χ1v) is 10.0. The van der Waals surface area contributed by atoms with E-state index in [1.807, 2.05) is 6.26 Å². The standard InChI is InChI=1S/C19H25N3O6S/c1-5-11-28-19(25)22(16(10-12-29-4)17(23)27-3)18(24)20-15-8-6-14(7-9-15)13(2)21-26/h5-9,16,26H,1,10-12H2,2-4H3,(H,20,24)/b21-13+. The Morgan fingerprint density at radius 3 is 2.52 bits per heavy atom. The molecule has 10 heteroatoms. The minimum atomic E-state index is -1.15. The van der Waals surface area contributed by atoms with Gasteiger partial charge in [0.2, 0.25) is 0 Å². The third-order valence-corrected chi connectivity index (χ3v) is 4.47. The maximum atomic E-state index is 12.8. The maximum absolute atomic E-state index is 12.8. The predicted octanol–water partition coefficient (Wildman–Crippen LogP) is 3.34. The lowest BCUT2D eigenvalue weighted by atomic mass is 10.1. The van der Waals surface area contributed by atoms with E-state index in [0.717, 1.165) is 0 Å². The number of rotatable bonds is 9. The summed E-state index contributed by atoms with van der Waals surface area (Å²) < 4.78 is 9.75. The molecule has 2 N–H and O–H groups in total. The van der Waals surface area contributed by atoms with E-state index >= 15 is 0 Å². The van der Waals surface area contributed by atoms with Crippen molar-refractivity contribution in [3.8, 4) is 0 Å². The number of urea groups is 1. The van der Waals surface area contributed by atoms with Crippen LogP contribution in [0, 0.1) is 0 Å². The zero-order valence-corrected chi connectivity index (χ0v) is 17.4. The van der Waals surface area contributed by atoms with Crippen LogP contribution in [-0.4, -0.2) is 65.7 Å². The molecular weight excluding hydrogens is 398 g/mol. The molecule has 29 heavy (non-hydrogen) atoms. The summed E-state index contributed by atoms with van der Waals surface area (Å²) in [4.78, 5) is 38.2. The highest BCUT2D eigenvalue weighted by Gasteiger charge is 2.36. The summed E-state index contributed by atoms with van der Waals surface area (Å²) in [6.07, 6.45) is 2.41. The van der Waals surface area contributed by atoms with Gasteiger partial charge in [0.25, 0.3) is 0 Å². The fraction of sp³-hybridized carbons (Fsp3) is 0.368. The number of ether oxygens (including phenoxy) is 2. The van der Waals surface area contributed by atoms with E-state index in [1.54, 1.807) is 31.2 Å². The van der Waals surface area contributed by atoms with Crippen LogP contribution in [0.2, 0.25) is 0 Å². The Morgan fingerprint density at radius 2 is 2.00 bits per heavy atom. The highest BCUT2D eigenvalue weighted by Crippen LogP contribution is 2.16. The van der Waals surface area contributed by atoms with Crippen LogP contribution < -0.4 is 5.32 Å². The first kappa shape index (κ1) is 24.0. The van der Waals surface area contributed by atoms with E-state index < -0.39 is 24.1 Å². The van der Waals surface area contributed by atoms with Crippen LogP contribution in [-0.2, 0) is 14.3 Å². The van der Waals surface area contributed by atoms with Crippen molar-refractivity contribution in [3.63, 3.8) is 0 Å². The molecule has 9 nitrogen and oxygen atoms in total. The summed E-state index contributed by atoms with van der Waals surface area (Å²) in [5.74, 6) is -0.206. The van der Waals surface area contributed by atoms with Crippen LogP contribution in [0.15, 0.2) is 42.1 Å². The number of carbonyl (C=O) groups excluding carboxylic acids is 3. The normalized spacial score (nSPS) is 11.9. The number of benzene rings is 1. The van der Waals surface area contributed by atoms with Gasteiger partial charge in [-0.05, 0) is 43.0 Å². The average molecular weight is 423 g/mol. The van der Waals surface area contributed by atoms with Crippen molar-refractivity contribution in [2.45, 2.75) is 19.4 Å². The summed E-state index contributed by atoms with van der Waals surface area (Å²) in [6.45, 7) is 4.97. The quantitative estimate of drug-likeness (QED) is 0.206. The van der Waals surface area contributed by atoms with Gasteiger partial charge in [0.05, 0.1) is 12.8 Å². The Morgan fingerprint density at radius 1 is 1.34 bits per heavy atom. The summed E-state index contributed by atoms with van der Waals surface area (Å²) >= 11 is 1.46. The Hall–Kier alpha value is -3.01. The minimum absolute atomic E-state index is 0.118. The number of hydrogen-bond acceptors (Lipinski definition) is 8. The van der Waals surface area contributed by atoms with Gasteiger partial charge < -0.3 is 20.0 Å². The second-order valence-corrected chi connectivity index (χ2v) is 6.73.